The third-order valence-electron chi connectivity index (χ3n) is 3.76. The van der Waals surface area contributed by atoms with Crippen LogP contribution in [0, 0.1) is 0 Å². The quantitative estimate of drug-likeness (QED) is 0.811. The Kier molecular flexibility index (Phi) is 5.02. The molecule has 0 amide bonds. The van der Waals surface area contributed by atoms with Gasteiger partial charge in [-0.15, -0.1) is 0 Å². The fourth-order valence-electron chi connectivity index (χ4n) is 2.78. The molecule has 18 heavy (non-hydrogen) atoms. The van der Waals surface area contributed by atoms with Gasteiger partial charge in [-0.05, 0) is 36.0 Å². The van der Waals surface area contributed by atoms with Crippen LogP contribution in [0.25, 0.3) is 0 Å². The zero-order valence-electron chi connectivity index (χ0n) is 11.4. The van der Waals surface area contributed by atoms with Gasteiger partial charge in [0.05, 0.1) is 14.2 Å². The van der Waals surface area contributed by atoms with Crippen LogP contribution in [-0.2, 0) is 11.4 Å². The van der Waals surface area contributed by atoms with E-state index >= 15 is 0 Å². The molecule has 3 nitrogen and oxygen atoms in total. The molecule has 1 N–H and O–H groups in total. The predicted octanol–water partition coefficient (Wildman–Crippen LogP) is 3.39. The van der Waals surface area contributed by atoms with Crippen molar-refractivity contribution in [3.05, 3.63) is 29.3 Å². The molecular weight excluding hydrogens is 226 g/mol. The molecule has 0 aromatic heterocycles. The Hall–Kier alpha value is -1.06. The molecule has 0 spiro atoms. The summed E-state index contributed by atoms with van der Waals surface area (Å²) in [5.74, 6) is 1.69. The minimum absolute atomic E-state index is 0.663. The molecule has 0 atom stereocenters. The van der Waals surface area contributed by atoms with Crippen LogP contribution in [0.3, 0.4) is 0 Å². The van der Waals surface area contributed by atoms with Crippen LogP contribution in [0.1, 0.15) is 49.1 Å². The van der Waals surface area contributed by atoms with Gasteiger partial charge in [-0.25, -0.2) is 0 Å². The maximum Gasteiger partial charge on any atom is 0.122 e. The molecule has 0 radical (unpaired) electrons. The number of ether oxygens (including phenoxy) is 1. The van der Waals surface area contributed by atoms with Crippen molar-refractivity contribution >= 4 is 0 Å². The number of nitrogens with one attached hydrogen (secondary N) is 1. The van der Waals surface area contributed by atoms with Crippen LogP contribution in [0.5, 0.6) is 5.75 Å². The van der Waals surface area contributed by atoms with Gasteiger partial charge in [0.25, 0.3) is 0 Å². The summed E-state index contributed by atoms with van der Waals surface area (Å²) in [5, 5.41) is 0. The monoisotopic (exact) mass is 249 g/mol. The minimum atomic E-state index is 0.663. The van der Waals surface area contributed by atoms with E-state index in [9.17, 15) is 0 Å². The number of hydroxylamine groups is 1. The van der Waals surface area contributed by atoms with Crippen molar-refractivity contribution in [2.45, 2.75) is 44.6 Å². The molecule has 3 heteroatoms. The van der Waals surface area contributed by atoms with Crippen molar-refractivity contribution in [3.63, 3.8) is 0 Å². The Labute approximate surface area is 109 Å². The average molecular weight is 249 g/mol. The van der Waals surface area contributed by atoms with Gasteiger partial charge in [-0.3, -0.25) is 0 Å². The Morgan fingerprint density at radius 1 is 1.17 bits per heavy atom. The molecule has 1 aromatic carbocycles. The van der Waals surface area contributed by atoms with Crippen LogP contribution in [-0.4, -0.2) is 14.2 Å². The first-order valence-electron chi connectivity index (χ1n) is 6.78. The van der Waals surface area contributed by atoms with E-state index in [4.69, 9.17) is 9.57 Å². The highest BCUT2D eigenvalue weighted by atomic mass is 16.6. The van der Waals surface area contributed by atoms with Gasteiger partial charge in [0.1, 0.15) is 5.75 Å². The highest BCUT2D eigenvalue weighted by molar-refractivity contribution is 5.40. The number of hydrogen-bond acceptors (Lipinski definition) is 3. The molecular formula is C15H23NO2. The van der Waals surface area contributed by atoms with Gasteiger partial charge in [0, 0.05) is 6.54 Å². The lowest BCUT2D eigenvalue weighted by Gasteiger charge is -2.24. The molecule has 0 saturated heterocycles. The van der Waals surface area contributed by atoms with Crippen molar-refractivity contribution in [3.8, 4) is 5.75 Å². The standard InChI is InChI=1S/C15H23NO2/c1-17-15-9-8-12(11-16-18-2)10-14(15)13-6-4-3-5-7-13/h8-10,13,16H,3-7,11H2,1-2H3. The second-order valence-corrected chi connectivity index (χ2v) is 4.94. The zero-order chi connectivity index (χ0) is 12.8. The van der Waals surface area contributed by atoms with Gasteiger partial charge in [0.2, 0.25) is 0 Å². The highest BCUT2D eigenvalue weighted by Gasteiger charge is 2.19. The maximum absolute atomic E-state index is 5.51. The number of benzene rings is 1. The van der Waals surface area contributed by atoms with Crippen LogP contribution >= 0.6 is 0 Å². The van der Waals surface area contributed by atoms with E-state index in [2.05, 4.69) is 23.7 Å². The molecule has 0 heterocycles. The molecule has 1 aromatic rings. The highest BCUT2D eigenvalue weighted by Crippen LogP contribution is 2.37. The third-order valence-corrected chi connectivity index (χ3v) is 3.76. The predicted molar refractivity (Wildman–Crippen MR) is 72.7 cm³/mol. The lowest BCUT2D eigenvalue weighted by Crippen LogP contribution is -2.12. The van der Waals surface area contributed by atoms with Gasteiger partial charge in [-0.1, -0.05) is 31.4 Å². The average Bonchev–Trinajstić information content (AvgIpc) is 2.45. The molecule has 0 unspecified atom stereocenters. The largest absolute Gasteiger partial charge is 0.496 e. The summed E-state index contributed by atoms with van der Waals surface area (Å²) in [6.45, 7) is 0.736. The molecule has 1 saturated carbocycles. The van der Waals surface area contributed by atoms with E-state index < -0.39 is 0 Å². The van der Waals surface area contributed by atoms with Crippen molar-refractivity contribution in [1.29, 1.82) is 0 Å². The SMILES string of the molecule is CONCc1ccc(OC)c(C2CCCCC2)c1. The van der Waals surface area contributed by atoms with Crippen LogP contribution < -0.4 is 10.2 Å². The third kappa shape index (κ3) is 3.24. The smallest absolute Gasteiger partial charge is 0.122 e. The van der Waals surface area contributed by atoms with E-state index in [1.807, 2.05) is 0 Å². The second-order valence-electron chi connectivity index (χ2n) is 4.94. The molecule has 100 valence electrons. The summed E-state index contributed by atoms with van der Waals surface area (Å²) < 4.78 is 5.51. The Morgan fingerprint density at radius 3 is 2.61 bits per heavy atom. The van der Waals surface area contributed by atoms with E-state index in [1.54, 1.807) is 14.2 Å². The van der Waals surface area contributed by atoms with Crippen LogP contribution in [0.4, 0.5) is 0 Å². The topological polar surface area (TPSA) is 30.5 Å². The number of rotatable bonds is 5. The minimum Gasteiger partial charge on any atom is -0.496 e. The molecule has 0 aliphatic heterocycles. The Morgan fingerprint density at radius 2 is 1.94 bits per heavy atom. The van der Waals surface area contributed by atoms with Crippen molar-refractivity contribution in [2.24, 2.45) is 0 Å². The Balaban J connectivity index is 2.18. The van der Waals surface area contributed by atoms with Crippen LogP contribution in [0.15, 0.2) is 18.2 Å². The van der Waals surface area contributed by atoms with Crippen molar-refractivity contribution in [1.82, 2.24) is 5.48 Å². The normalized spacial score (nSPS) is 16.8. The summed E-state index contributed by atoms with van der Waals surface area (Å²) in [7, 11) is 3.40. The van der Waals surface area contributed by atoms with Gasteiger partial charge < -0.3 is 9.57 Å². The van der Waals surface area contributed by atoms with Gasteiger partial charge in [-0.2, -0.15) is 5.48 Å². The van der Waals surface area contributed by atoms with E-state index in [0.717, 1.165) is 12.3 Å². The maximum atomic E-state index is 5.51. The van der Waals surface area contributed by atoms with Crippen molar-refractivity contribution in [2.75, 3.05) is 14.2 Å². The number of methoxy groups -OCH3 is 1. The summed E-state index contributed by atoms with van der Waals surface area (Å²) in [6.07, 6.45) is 6.64. The Bertz CT molecular complexity index is 373. The number of hydrogen-bond donors (Lipinski definition) is 1. The molecule has 1 aliphatic carbocycles. The summed E-state index contributed by atoms with van der Waals surface area (Å²) in [5.41, 5.74) is 5.51. The summed E-state index contributed by atoms with van der Waals surface area (Å²) >= 11 is 0. The fraction of sp³-hybridized carbons (Fsp3) is 0.600. The van der Waals surface area contributed by atoms with E-state index in [0.29, 0.717) is 5.92 Å². The summed E-state index contributed by atoms with van der Waals surface area (Å²) in [6, 6.07) is 6.44. The fourth-order valence-corrected chi connectivity index (χ4v) is 2.78. The molecule has 0 bridgehead atoms. The summed E-state index contributed by atoms with van der Waals surface area (Å²) in [4.78, 5) is 4.91. The van der Waals surface area contributed by atoms with Gasteiger partial charge >= 0.3 is 0 Å². The second kappa shape index (κ2) is 6.76. The first-order valence-corrected chi connectivity index (χ1v) is 6.78. The first-order chi connectivity index (χ1) is 8.85. The van der Waals surface area contributed by atoms with Crippen LogP contribution in [0.2, 0.25) is 0 Å². The zero-order valence-corrected chi connectivity index (χ0v) is 11.4. The molecule has 2 rings (SSSR count). The molecule has 1 fully saturated rings. The van der Waals surface area contributed by atoms with Gasteiger partial charge in [0.15, 0.2) is 0 Å². The molecule has 1 aliphatic rings. The lowest BCUT2D eigenvalue weighted by atomic mass is 9.83. The van der Waals surface area contributed by atoms with Crippen molar-refractivity contribution < 1.29 is 9.57 Å². The lowest BCUT2D eigenvalue weighted by molar-refractivity contribution is 0.0867. The van der Waals surface area contributed by atoms with E-state index in [1.165, 1.54) is 43.2 Å². The first kappa shape index (κ1) is 13.4. The van der Waals surface area contributed by atoms with E-state index in [-0.39, 0.29) is 0 Å².